The lowest BCUT2D eigenvalue weighted by atomic mass is 10.1. The number of carbonyl (C=O) groups is 1. The summed E-state index contributed by atoms with van der Waals surface area (Å²) in [5, 5.41) is 0. The Morgan fingerprint density at radius 3 is 2.36 bits per heavy atom. The fourth-order valence-corrected chi connectivity index (χ4v) is 2.45. The van der Waals surface area contributed by atoms with E-state index in [1.807, 2.05) is 0 Å². The highest BCUT2D eigenvalue weighted by molar-refractivity contribution is 5.97. The van der Waals surface area contributed by atoms with Crippen molar-refractivity contribution in [3.05, 3.63) is 59.2 Å². The first kappa shape index (κ1) is 18.6. The Morgan fingerprint density at radius 1 is 1.08 bits per heavy atom. The number of carbonyl (C=O) groups excluding carboxylic acids is 1. The molecule has 0 aliphatic carbocycles. The number of methoxy groups -OCH3 is 2. The molecule has 0 saturated carbocycles. The minimum absolute atomic E-state index is 0.0210. The van der Waals surface area contributed by atoms with Crippen molar-refractivity contribution in [1.29, 1.82) is 0 Å². The van der Waals surface area contributed by atoms with Gasteiger partial charge in [0.1, 0.15) is 11.5 Å². The smallest absolute Gasteiger partial charge is 0.416 e. The van der Waals surface area contributed by atoms with Gasteiger partial charge in [0.25, 0.3) is 5.91 Å². The second kappa shape index (κ2) is 7.46. The van der Waals surface area contributed by atoms with Crippen molar-refractivity contribution in [3.8, 4) is 11.5 Å². The summed E-state index contributed by atoms with van der Waals surface area (Å²) in [6, 6.07) is 9.88. The van der Waals surface area contributed by atoms with Gasteiger partial charge >= 0.3 is 6.18 Å². The molecule has 0 N–H and O–H groups in total. The van der Waals surface area contributed by atoms with E-state index in [1.165, 1.54) is 50.4 Å². The highest BCUT2D eigenvalue weighted by Gasteiger charge is 2.33. The van der Waals surface area contributed by atoms with E-state index in [2.05, 4.69) is 0 Å². The van der Waals surface area contributed by atoms with Crippen molar-refractivity contribution in [2.24, 2.45) is 0 Å². The lowest BCUT2D eigenvalue weighted by Gasteiger charge is -2.21. The molecule has 0 bridgehead atoms. The topological polar surface area (TPSA) is 38.8 Å². The van der Waals surface area contributed by atoms with E-state index >= 15 is 0 Å². The predicted octanol–water partition coefficient (Wildman–Crippen LogP) is 3.99. The lowest BCUT2D eigenvalue weighted by Crippen LogP contribution is -2.28. The van der Waals surface area contributed by atoms with Crippen LogP contribution >= 0.6 is 0 Å². The monoisotopic (exact) mass is 353 g/mol. The molecular formula is C18H18F3NO3. The van der Waals surface area contributed by atoms with E-state index in [-0.39, 0.29) is 17.7 Å². The number of halogens is 3. The molecule has 1 amide bonds. The van der Waals surface area contributed by atoms with Crippen molar-refractivity contribution in [3.63, 3.8) is 0 Å². The molecule has 0 aliphatic heterocycles. The Kier molecular flexibility index (Phi) is 5.56. The molecule has 0 aliphatic rings. The van der Waals surface area contributed by atoms with Gasteiger partial charge in [-0.05, 0) is 29.8 Å². The zero-order chi connectivity index (χ0) is 18.6. The predicted molar refractivity (Wildman–Crippen MR) is 86.8 cm³/mol. The maximum atomic E-state index is 13.1. The fraction of sp³-hybridized carbons (Fsp3) is 0.278. The van der Waals surface area contributed by atoms with Gasteiger partial charge in [0.05, 0.1) is 25.3 Å². The first-order valence-electron chi connectivity index (χ1n) is 7.40. The molecule has 0 unspecified atom stereocenters. The molecule has 2 aromatic carbocycles. The molecule has 0 aromatic heterocycles. The van der Waals surface area contributed by atoms with Crippen molar-refractivity contribution >= 4 is 5.91 Å². The third-order valence-electron chi connectivity index (χ3n) is 3.71. The molecule has 0 saturated heterocycles. The van der Waals surface area contributed by atoms with Crippen LogP contribution in [0.1, 0.15) is 21.5 Å². The van der Waals surface area contributed by atoms with Crippen molar-refractivity contribution in [2.75, 3.05) is 21.3 Å². The van der Waals surface area contributed by atoms with Gasteiger partial charge in [0, 0.05) is 13.6 Å². The SMILES string of the molecule is COc1ccc(OC)c(C(=O)N(C)Cc2ccccc2C(F)(F)F)c1. The molecule has 0 atom stereocenters. The highest BCUT2D eigenvalue weighted by atomic mass is 19.4. The molecule has 2 rings (SSSR count). The molecule has 0 fully saturated rings. The lowest BCUT2D eigenvalue weighted by molar-refractivity contribution is -0.138. The van der Waals surface area contributed by atoms with Crippen LogP contribution in [0.3, 0.4) is 0 Å². The number of hydrogen-bond donors (Lipinski definition) is 0. The number of hydrogen-bond acceptors (Lipinski definition) is 3. The summed E-state index contributed by atoms with van der Waals surface area (Å²) >= 11 is 0. The van der Waals surface area contributed by atoms with Crippen molar-refractivity contribution in [1.82, 2.24) is 4.90 Å². The minimum atomic E-state index is -4.48. The van der Waals surface area contributed by atoms with E-state index in [0.29, 0.717) is 11.5 Å². The van der Waals surface area contributed by atoms with Gasteiger partial charge in [-0.3, -0.25) is 4.79 Å². The van der Waals surface area contributed by atoms with Crippen LogP contribution in [0.4, 0.5) is 13.2 Å². The molecule has 4 nitrogen and oxygen atoms in total. The number of nitrogens with zero attached hydrogens (tertiary/aromatic N) is 1. The Bertz CT molecular complexity index is 759. The number of benzene rings is 2. The maximum Gasteiger partial charge on any atom is 0.416 e. The molecule has 25 heavy (non-hydrogen) atoms. The second-order valence-electron chi connectivity index (χ2n) is 5.38. The van der Waals surface area contributed by atoms with Crippen molar-refractivity contribution in [2.45, 2.75) is 12.7 Å². The van der Waals surface area contributed by atoms with Crippen molar-refractivity contribution < 1.29 is 27.4 Å². The van der Waals surface area contributed by atoms with Gasteiger partial charge in [-0.15, -0.1) is 0 Å². The normalized spacial score (nSPS) is 11.1. The summed E-state index contributed by atoms with van der Waals surface area (Å²) in [5.74, 6) is 0.308. The molecule has 0 radical (unpaired) electrons. The largest absolute Gasteiger partial charge is 0.497 e. The quantitative estimate of drug-likeness (QED) is 0.816. The number of ether oxygens (including phenoxy) is 2. The van der Waals surface area contributed by atoms with Crippen LogP contribution in [-0.2, 0) is 12.7 Å². The van der Waals surface area contributed by atoms with Gasteiger partial charge in [0.15, 0.2) is 0 Å². The minimum Gasteiger partial charge on any atom is -0.497 e. The molecule has 0 spiro atoms. The van der Waals surface area contributed by atoms with E-state index in [1.54, 1.807) is 12.1 Å². The van der Waals surface area contributed by atoms with Gasteiger partial charge < -0.3 is 14.4 Å². The first-order valence-corrected chi connectivity index (χ1v) is 7.40. The summed E-state index contributed by atoms with van der Waals surface area (Å²) < 4.78 is 49.6. The fourth-order valence-electron chi connectivity index (χ4n) is 2.45. The van der Waals surface area contributed by atoms with Crippen LogP contribution in [0.5, 0.6) is 11.5 Å². The third kappa shape index (κ3) is 4.23. The van der Waals surface area contributed by atoms with Crippen LogP contribution in [0.25, 0.3) is 0 Å². The van der Waals surface area contributed by atoms with Crippen LogP contribution in [0, 0.1) is 0 Å². The zero-order valence-electron chi connectivity index (χ0n) is 14.1. The maximum absolute atomic E-state index is 13.1. The standard InChI is InChI=1S/C18H18F3NO3/c1-22(11-12-6-4-5-7-15(12)18(19,20)21)17(23)14-10-13(24-2)8-9-16(14)25-3/h4-10H,11H2,1-3H3. The average molecular weight is 353 g/mol. The second-order valence-corrected chi connectivity index (χ2v) is 5.38. The van der Waals surface area contributed by atoms with Crippen LogP contribution in [0.2, 0.25) is 0 Å². The third-order valence-corrected chi connectivity index (χ3v) is 3.71. The van der Waals surface area contributed by atoms with Gasteiger partial charge in [-0.25, -0.2) is 0 Å². The van der Waals surface area contributed by atoms with Crippen LogP contribution in [0.15, 0.2) is 42.5 Å². The van der Waals surface area contributed by atoms with E-state index in [4.69, 9.17) is 9.47 Å². The summed E-state index contributed by atoms with van der Waals surface area (Å²) in [5.41, 5.74) is -0.520. The zero-order valence-corrected chi connectivity index (χ0v) is 14.1. The Labute approximate surface area is 143 Å². The summed E-state index contributed by atoms with van der Waals surface area (Å²) in [6.07, 6.45) is -4.48. The summed E-state index contributed by atoms with van der Waals surface area (Å²) in [4.78, 5) is 13.9. The average Bonchev–Trinajstić information content (AvgIpc) is 2.60. The van der Waals surface area contributed by atoms with Gasteiger partial charge in [-0.1, -0.05) is 18.2 Å². The molecule has 2 aromatic rings. The Hall–Kier alpha value is -2.70. The Morgan fingerprint density at radius 2 is 1.76 bits per heavy atom. The van der Waals surface area contributed by atoms with E-state index < -0.39 is 17.6 Å². The first-order chi connectivity index (χ1) is 11.8. The number of rotatable bonds is 5. The van der Waals surface area contributed by atoms with Crippen LogP contribution in [-0.4, -0.2) is 32.1 Å². The molecular weight excluding hydrogens is 335 g/mol. The van der Waals surface area contributed by atoms with E-state index in [9.17, 15) is 18.0 Å². The van der Waals surface area contributed by atoms with E-state index in [0.717, 1.165) is 6.07 Å². The van der Waals surface area contributed by atoms with Gasteiger partial charge in [0.2, 0.25) is 0 Å². The molecule has 134 valence electrons. The Balaban J connectivity index is 2.31. The van der Waals surface area contributed by atoms with Crippen LogP contribution < -0.4 is 9.47 Å². The summed E-state index contributed by atoms with van der Waals surface area (Å²) in [6.45, 7) is -0.186. The summed E-state index contributed by atoms with van der Waals surface area (Å²) in [7, 11) is 4.31. The molecule has 7 heteroatoms. The highest BCUT2D eigenvalue weighted by Crippen LogP contribution is 2.33. The number of amides is 1. The van der Waals surface area contributed by atoms with Gasteiger partial charge in [-0.2, -0.15) is 13.2 Å². The molecule has 0 heterocycles. The number of alkyl halides is 3.